The van der Waals surface area contributed by atoms with Crippen LogP contribution < -0.4 is 0 Å². The summed E-state index contributed by atoms with van der Waals surface area (Å²) in [4.78, 5) is 1.36. The number of rotatable bonds is 6. The first-order chi connectivity index (χ1) is 31.3. The van der Waals surface area contributed by atoms with Crippen LogP contribution in [-0.4, -0.2) is 14.4 Å². The quantitative estimate of drug-likeness (QED) is 0.162. The summed E-state index contributed by atoms with van der Waals surface area (Å²) >= 11 is 2.04. The molecule has 0 saturated heterocycles. The van der Waals surface area contributed by atoms with Crippen molar-refractivity contribution in [2.24, 2.45) is 0 Å². The van der Waals surface area contributed by atoms with E-state index >= 15 is 0 Å². The summed E-state index contributed by atoms with van der Waals surface area (Å²) in [5, 5.41) is 5.46. The van der Waals surface area contributed by atoms with Crippen LogP contribution >= 0.6 is 11.8 Å². The van der Waals surface area contributed by atoms with Crippen molar-refractivity contribution in [1.82, 2.24) is 9.13 Å². The maximum Gasteiger partial charge on any atom is 0.0619 e. The number of aromatic nitrogens is 2. The topological polar surface area (TPSA) is 9.86 Å². The van der Waals surface area contributed by atoms with Crippen molar-refractivity contribution in [3.8, 4) is 39.1 Å². The Kier molecular flexibility index (Phi) is 8.45. The van der Waals surface area contributed by atoms with Gasteiger partial charge < -0.3 is 9.13 Å². The molecule has 3 heteroatoms. The van der Waals surface area contributed by atoms with Gasteiger partial charge in [-0.05, 0) is 94.1 Å². The van der Waals surface area contributed by atoms with Gasteiger partial charge in [0, 0.05) is 48.5 Å². The van der Waals surface area contributed by atoms with E-state index in [1.54, 1.807) is 0 Å². The molecule has 10 aromatic rings. The highest BCUT2D eigenvalue weighted by Crippen LogP contribution is 2.55. The number of hydrogen-bond acceptors (Lipinski definition) is 1. The molecule has 3 heterocycles. The fraction of sp³-hybridized carbons (Fsp3) is 0.0667. The summed E-state index contributed by atoms with van der Waals surface area (Å²) < 4.78 is 5.13. The van der Waals surface area contributed by atoms with E-state index in [-0.39, 0.29) is 0 Å². The van der Waals surface area contributed by atoms with Crippen molar-refractivity contribution in [2.75, 3.05) is 0 Å². The Morgan fingerprint density at radius 2 is 1.13 bits per heavy atom. The smallest absolute Gasteiger partial charge is 0.0619 e. The van der Waals surface area contributed by atoms with Gasteiger partial charge in [-0.1, -0.05) is 182 Å². The van der Waals surface area contributed by atoms with E-state index in [0.717, 1.165) is 19.3 Å². The normalized spacial score (nSPS) is 15.7. The fourth-order valence-electron chi connectivity index (χ4n) is 10.9. The molecule has 0 saturated carbocycles. The monoisotopic (exact) mass is 822 g/mol. The molecule has 13 rings (SSSR count). The predicted molar refractivity (Wildman–Crippen MR) is 269 cm³/mol. The van der Waals surface area contributed by atoms with Gasteiger partial charge in [0.2, 0.25) is 0 Å². The van der Waals surface area contributed by atoms with Gasteiger partial charge in [-0.15, -0.1) is 11.8 Å². The molecule has 1 unspecified atom stereocenters. The highest BCUT2D eigenvalue weighted by atomic mass is 32.2. The average molecular weight is 823 g/mol. The number of fused-ring (bicyclic) bond motifs is 9. The van der Waals surface area contributed by atoms with Gasteiger partial charge in [0.05, 0.1) is 27.8 Å². The SMILES string of the molecule is C1=CCC2Sc3c(-n4c5ccccc5c5c(-c6cccc7c8ccccc8n(C8=C(c9ccccc9)CCC=C8)c67)cccc54)ccc(-c4ccccc4-c4ccccc4)c3C2=C1. The van der Waals surface area contributed by atoms with E-state index < -0.39 is 0 Å². The molecule has 3 aliphatic rings. The standard InChI is InChI=1S/C60H42N2S/c1-3-19-39(20-4-1)41-23-7-8-25-43(41)46-37-38-55(60-58(46)50-28-12-16-36-56(50)63-60)61-53-34-15-11-27-49(53)57-45(29-18-35-54(57)61)48-31-17-30-47-44-26-10-14-33-52(44)62(59(47)48)51-32-13-9-24-42(51)40-21-5-2-6-22-40/h1-8,10-23,25-35,37-38,56H,9,24,36H2. The second-order valence-electron chi connectivity index (χ2n) is 16.9. The van der Waals surface area contributed by atoms with Crippen LogP contribution in [0.1, 0.15) is 30.4 Å². The maximum absolute atomic E-state index is 2.56. The molecule has 2 nitrogen and oxygen atoms in total. The largest absolute Gasteiger partial charge is 0.308 e. The third kappa shape index (κ3) is 5.59. The molecule has 2 aliphatic carbocycles. The molecule has 0 fully saturated rings. The van der Waals surface area contributed by atoms with E-state index in [0.29, 0.717) is 5.25 Å². The number of allylic oxidation sites excluding steroid dienone is 7. The summed E-state index contributed by atoms with van der Waals surface area (Å²) in [5.41, 5.74) is 20.5. The van der Waals surface area contributed by atoms with Crippen LogP contribution in [0, 0.1) is 0 Å². The van der Waals surface area contributed by atoms with E-state index in [9.17, 15) is 0 Å². The molecule has 63 heavy (non-hydrogen) atoms. The minimum atomic E-state index is 0.376. The molecular formula is C60H42N2S. The molecule has 0 bridgehead atoms. The van der Waals surface area contributed by atoms with Crippen molar-refractivity contribution in [2.45, 2.75) is 29.4 Å². The molecule has 1 aliphatic heterocycles. The van der Waals surface area contributed by atoms with Crippen molar-refractivity contribution >= 4 is 72.2 Å². The summed E-state index contributed by atoms with van der Waals surface area (Å²) in [7, 11) is 0. The third-order valence-corrected chi connectivity index (χ3v) is 14.9. The first-order valence-electron chi connectivity index (χ1n) is 22.2. The Bertz CT molecular complexity index is 3610. The van der Waals surface area contributed by atoms with E-state index in [1.807, 2.05) is 11.8 Å². The van der Waals surface area contributed by atoms with Crippen LogP contribution in [0.15, 0.2) is 217 Å². The van der Waals surface area contributed by atoms with Crippen molar-refractivity contribution in [3.63, 3.8) is 0 Å². The number of benzene rings is 8. The number of nitrogens with zero attached hydrogens (tertiary/aromatic N) is 2. The zero-order valence-corrected chi connectivity index (χ0v) is 35.5. The lowest BCUT2D eigenvalue weighted by Crippen LogP contribution is -2.03. The van der Waals surface area contributed by atoms with Gasteiger partial charge in [-0.25, -0.2) is 0 Å². The van der Waals surface area contributed by atoms with Gasteiger partial charge in [0.1, 0.15) is 0 Å². The highest BCUT2D eigenvalue weighted by Gasteiger charge is 2.34. The first kappa shape index (κ1) is 36.3. The van der Waals surface area contributed by atoms with Crippen LogP contribution in [-0.2, 0) is 0 Å². The summed E-state index contributed by atoms with van der Waals surface area (Å²) in [6.07, 6.45) is 14.7. The maximum atomic E-state index is 2.56. The summed E-state index contributed by atoms with van der Waals surface area (Å²) in [5.74, 6) is 0. The summed E-state index contributed by atoms with van der Waals surface area (Å²) in [6, 6.07) is 67.5. The highest BCUT2D eigenvalue weighted by molar-refractivity contribution is 8.01. The minimum absolute atomic E-state index is 0.376. The molecule has 0 spiro atoms. The Hall–Kier alpha value is -7.33. The molecule has 298 valence electrons. The molecule has 0 radical (unpaired) electrons. The van der Waals surface area contributed by atoms with Crippen molar-refractivity contribution in [1.29, 1.82) is 0 Å². The fourth-order valence-corrected chi connectivity index (χ4v) is 12.3. The number of hydrogen-bond donors (Lipinski definition) is 0. The summed E-state index contributed by atoms with van der Waals surface area (Å²) in [6.45, 7) is 0. The van der Waals surface area contributed by atoms with E-state index in [2.05, 4.69) is 222 Å². The number of para-hydroxylation sites is 3. The lowest BCUT2D eigenvalue weighted by Gasteiger charge is -2.21. The Morgan fingerprint density at radius 3 is 1.97 bits per heavy atom. The van der Waals surface area contributed by atoms with Gasteiger partial charge in [0.15, 0.2) is 0 Å². The van der Waals surface area contributed by atoms with Crippen molar-refractivity contribution in [3.05, 3.63) is 223 Å². The van der Waals surface area contributed by atoms with Crippen LogP contribution in [0.5, 0.6) is 0 Å². The molecule has 0 amide bonds. The van der Waals surface area contributed by atoms with E-state index in [1.165, 1.54) is 116 Å². The van der Waals surface area contributed by atoms with Gasteiger partial charge >= 0.3 is 0 Å². The van der Waals surface area contributed by atoms with Crippen LogP contribution in [0.2, 0.25) is 0 Å². The molecule has 2 aromatic heterocycles. The van der Waals surface area contributed by atoms with Gasteiger partial charge in [0.25, 0.3) is 0 Å². The first-order valence-corrected chi connectivity index (χ1v) is 23.1. The third-order valence-electron chi connectivity index (χ3n) is 13.5. The zero-order chi connectivity index (χ0) is 41.4. The predicted octanol–water partition coefficient (Wildman–Crippen LogP) is 16.4. The van der Waals surface area contributed by atoms with Gasteiger partial charge in [-0.2, -0.15) is 0 Å². The second kappa shape index (κ2) is 14.7. The molecule has 1 atom stereocenters. The van der Waals surface area contributed by atoms with Crippen molar-refractivity contribution < 1.29 is 0 Å². The van der Waals surface area contributed by atoms with Gasteiger partial charge in [-0.3, -0.25) is 0 Å². The Balaban J connectivity index is 1.08. The number of thioether (sulfide) groups is 1. The molecule has 8 aromatic carbocycles. The Labute approximate surface area is 371 Å². The molecule has 0 N–H and O–H groups in total. The average Bonchev–Trinajstić information content (AvgIpc) is 4.03. The van der Waals surface area contributed by atoms with Crippen LogP contribution in [0.4, 0.5) is 0 Å². The van der Waals surface area contributed by atoms with Crippen LogP contribution in [0.3, 0.4) is 0 Å². The zero-order valence-electron chi connectivity index (χ0n) is 34.7. The lowest BCUT2D eigenvalue weighted by molar-refractivity contribution is 1.04. The van der Waals surface area contributed by atoms with Crippen LogP contribution in [0.25, 0.3) is 99.5 Å². The Morgan fingerprint density at radius 1 is 0.476 bits per heavy atom. The minimum Gasteiger partial charge on any atom is -0.308 e. The lowest BCUT2D eigenvalue weighted by atomic mass is 9.86. The second-order valence-corrected chi connectivity index (χ2v) is 18.1. The molecular weight excluding hydrogens is 781 g/mol. The van der Waals surface area contributed by atoms with E-state index in [4.69, 9.17) is 0 Å².